The van der Waals surface area contributed by atoms with Gasteiger partial charge in [-0.25, -0.2) is 9.37 Å². The molecule has 2 heterocycles. The molecule has 0 atom stereocenters. The smallest absolute Gasteiger partial charge is 0.158 e. The number of fused-ring (bicyclic) bond motifs is 1. The Kier molecular flexibility index (Phi) is 3.44. The van der Waals surface area contributed by atoms with Gasteiger partial charge in [0.05, 0.1) is 12.8 Å². The van der Waals surface area contributed by atoms with Crippen LogP contribution < -0.4 is 4.74 Å². The second-order valence-electron chi connectivity index (χ2n) is 5.00. The average Bonchev–Trinajstić information content (AvgIpc) is 2.82. The van der Waals surface area contributed by atoms with E-state index in [2.05, 4.69) is 10.1 Å². The molecule has 0 aliphatic heterocycles. The van der Waals surface area contributed by atoms with Gasteiger partial charge in [-0.1, -0.05) is 6.92 Å². The van der Waals surface area contributed by atoms with Gasteiger partial charge in [0.15, 0.2) is 5.65 Å². The third-order valence-electron chi connectivity index (χ3n) is 3.64. The fourth-order valence-corrected chi connectivity index (χ4v) is 2.51. The molecule has 0 bridgehead atoms. The Bertz CT molecular complexity index is 858. The van der Waals surface area contributed by atoms with Gasteiger partial charge in [-0.05, 0) is 24.6 Å². The second kappa shape index (κ2) is 5.29. The van der Waals surface area contributed by atoms with Crippen molar-refractivity contribution >= 4 is 11.0 Å². The van der Waals surface area contributed by atoms with E-state index in [1.54, 1.807) is 29.9 Å². The highest BCUT2D eigenvalue weighted by Crippen LogP contribution is 2.34. The minimum absolute atomic E-state index is 0.0701. The summed E-state index contributed by atoms with van der Waals surface area (Å²) < 4.78 is 20.8. The lowest BCUT2D eigenvalue weighted by molar-refractivity contribution is 0.411. The van der Waals surface area contributed by atoms with Crippen LogP contribution in [-0.4, -0.2) is 27.0 Å². The van der Waals surface area contributed by atoms with Crippen LogP contribution in [0.15, 0.2) is 24.3 Å². The summed E-state index contributed by atoms with van der Waals surface area (Å²) >= 11 is 0. The summed E-state index contributed by atoms with van der Waals surface area (Å²) in [4.78, 5) is 4.40. The van der Waals surface area contributed by atoms with Crippen LogP contribution in [0.2, 0.25) is 0 Å². The molecule has 3 rings (SSSR count). The van der Waals surface area contributed by atoms with E-state index in [0.717, 1.165) is 17.5 Å². The quantitative estimate of drug-likeness (QED) is 0.807. The number of hydrogen-bond donors (Lipinski definition) is 1. The van der Waals surface area contributed by atoms with Gasteiger partial charge in [-0.3, -0.25) is 4.68 Å². The van der Waals surface area contributed by atoms with Gasteiger partial charge < -0.3 is 9.84 Å². The van der Waals surface area contributed by atoms with Crippen LogP contribution in [0, 0.1) is 5.82 Å². The summed E-state index contributed by atoms with van der Waals surface area (Å²) in [5, 5.41) is 15.4. The molecule has 0 unspecified atom stereocenters. The van der Waals surface area contributed by atoms with Crippen molar-refractivity contribution < 1.29 is 14.2 Å². The highest BCUT2D eigenvalue weighted by atomic mass is 19.1. The van der Waals surface area contributed by atoms with E-state index in [9.17, 15) is 9.50 Å². The molecule has 0 amide bonds. The van der Waals surface area contributed by atoms with E-state index in [1.807, 2.05) is 6.92 Å². The monoisotopic (exact) mass is 301 g/mol. The molecule has 0 aliphatic carbocycles. The first-order valence-corrected chi connectivity index (χ1v) is 6.94. The van der Waals surface area contributed by atoms with Gasteiger partial charge in [0.2, 0.25) is 0 Å². The number of pyridine rings is 1. The zero-order valence-electron chi connectivity index (χ0n) is 12.6. The number of aromatic hydroxyl groups is 1. The van der Waals surface area contributed by atoms with Crippen LogP contribution >= 0.6 is 0 Å². The van der Waals surface area contributed by atoms with Gasteiger partial charge in [-0.2, -0.15) is 5.10 Å². The maximum absolute atomic E-state index is 14.2. The number of halogens is 1. The third-order valence-corrected chi connectivity index (χ3v) is 3.64. The lowest BCUT2D eigenvalue weighted by Gasteiger charge is -2.08. The number of ether oxygens (including phenoxy) is 1. The molecule has 0 saturated carbocycles. The van der Waals surface area contributed by atoms with E-state index in [0.29, 0.717) is 11.4 Å². The van der Waals surface area contributed by atoms with Gasteiger partial charge in [0.25, 0.3) is 0 Å². The third kappa shape index (κ3) is 2.16. The maximum atomic E-state index is 14.2. The first-order valence-electron chi connectivity index (χ1n) is 6.94. The number of nitrogens with zero attached hydrogens (tertiary/aromatic N) is 3. The molecule has 3 aromatic rings. The Labute approximate surface area is 127 Å². The SMILES string of the molecule is CCc1nn(C)c2nc(-c3ccc(OC)cc3F)c(O)cc12. The molecule has 114 valence electrons. The molecular formula is C16H16FN3O2. The standard InChI is InChI=1S/C16H16FN3O2/c1-4-13-11-8-14(21)15(18-16(11)20(2)19-13)10-6-5-9(22-3)7-12(10)17/h5-8,21H,4H2,1-3H3. The molecule has 1 N–H and O–H groups in total. The first kappa shape index (κ1) is 14.3. The number of aryl methyl sites for hydroxylation is 2. The molecular weight excluding hydrogens is 285 g/mol. The zero-order chi connectivity index (χ0) is 15.9. The van der Waals surface area contributed by atoms with Crippen LogP contribution in [0.25, 0.3) is 22.3 Å². The van der Waals surface area contributed by atoms with Crippen LogP contribution in [0.3, 0.4) is 0 Å². The predicted molar refractivity (Wildman–Crippen MR) is 81.5 cm³/mol. The summed E-state index contributed by atoms with van der Waals surface area (Å²) in [5.74, 6) is -0.158. The van der Waals surface area contributed by atoms with Crippen LogP contribution in [0.1, 0.15) is 12.6 Å². The van der Waals surface area contributed by atoms with Crippen molar-refractivity contribution in [2.24, 2.45) is 7.05 Å². The minimum Gasteiger partial charge on any atom is -0.506 e. The van der Waals surface area contributed by atoms with Crippen molar-refractivity contribution in [3.63, 3.8) is 0 Å². The van der Waals surface area contributed by atoms with E-state index >= 15 is 0 Å². The maximum Gasteiger partial charge on any atom is 0.158 e. The molecule has 22 heavy (non-hydrogen) atoms. The lowest BCUT2D eigenvalue weighted by Crippen LogP contribution is -1.95. The molecule has 2 aromatic heterocycles. The van der Waals surface area contributed by atoms with E-state index in [4.69, 9.17) is 4.74 Å². The fourth-order valence-electron chi connectivity index (χ4n) is 2.51. The molecule has 6 heteroatoms. The van der Waals surface area contributed by atoms with E-state index < -0.39 is 5.82 Å². The summed E-state index contributed by atoms with van der Waals surface area (Å²) in [6.45, 7) is 1.98. The van der Waals surface area contributed by atoms with Crippen molar-refractivity contribution in [2.45, 2.75) is 13.3 Å². The van der Waals surface area contributed by atoms with E-state index in [-0.39, 0.29) is 17.0 Å². The summed E-state index contributed by atoms with van der Waals surface area (Å²) in [7, 11) is 3.25. The Morgan fingerprint density at radius 3 is 2.73 bits per heavy atom. The number of benzene rings is 1. The van der Waals surface area contributed by atoms with Gasteiger partial charge >= 0.3 is 0 Å². The van der Waals surface area contributed by atoms with Crippen molar-refractivity contribution in [2.75, 3.05) is 7.11 Å². The first-order chi connectivity index (χ1) is 10.5. The summed E-state index contributed by atoms with van der Waals surface area (Å²) in [6.07, 6.45) is 0.731. The average molecular weight is 301 g/mol. The number of hydrogen-bond acceptors (Lipinski definition) is 4. The molecule has 0 spiro atoms. The molecule has 0 saturated heterocycles. The summed E-state index contributed by atoms with van der Waals surface area (Å²) in [5.41, 5.74) is 1.87. The number of rotatable bonds is 3. The van der Waals surface area contributed by atoms with E-state index in [1.165, 1.54) is 13.2 Å². The van der Waals surface area contributed by atoms with Crippen LogP contribution in [-0.2, 0) is 13.5 Å². The number of methoxy groups -OCH3 is 1. The Hall–Kier alpha value is -2.63. The topological polar surface area (TPSA) is 60.2 Å². The highest BCUT2D eigenvalue weighted by Gasteiger charge is 2.17. The fraction of sp³-hybridized carbons (Fsp3) is 0.250. The molecule has 0 radical (unpaired) electrons. The normalized spacial score (nSPS) is 11.1. The van der Waals surface area contributed by atoms with Gasteiger partial charge in [0.1, 0.15) is 23.0 Å². The largest absolute Gasteiger partial charge is 0.506 e. The minimum atomic E-state index is -0.501. The van der Waals surface area contributed by atoms with Crippen LogP contribution in [0.4, 0.5) is 4.39 Å². The predicted octanol–water partition coefficient (Wildman–Crippen LogP) is 3.05. The second-order valence-corrected chi connectivity index (χ2v) is 5.00. The Balaban J connectivity index is 2.23. The van der Waals surface area contributed by atoms with Crippen molar-refractivity contribution in [3.8, 4) is 22.8 Å². The van der Waals surface area contributed by atoms with Crippen molar-refractivity contribution in [3.05, 3.63) is 35.8 Å². The highest BCUT2D eigenvalue weighted by molar-refractivity contribution is 5.84. The van der Waals surface area contributed by atoms with Gasteiger partial charge in [-0.15, -0.1) is 0 Å². The summed E-state index contributed by atoms with van der Waals surface area (Å²) in [6, 6.07) is 6.03. The molecule has 5 nitrogen and oxygen atoms in total. The molecule has 0 fully saturated rings. The molecule has 1 aromatic carbocycles. The Morgan fingerprint density at radius 1 is 1.32 bits per heavy atom. The zero-order valence-corrected chi connectivity index (χ0v) is 12.6. The van der Waals surface area contributed by atoms with Gasteiger partial charge in [0, 0.05) is 24.1 Å². The molecule has 0 aliphatic rings. The van der Waals surface area contributed by atoms with Crippen molar-refractivity contribution in [1.29, 1.82) is 0 Å². The Morgan fingerprint density at radius 2 is 2.09 bits per heavy atom. The number of aromatic nitrogens is 3. The lowest BCUT2D eigenvalue weighted by atomic mass is 10.1. The van der Waals surface area contributed by atoms with Crippen molar-refractivity contribution in [1.82, 2.24) is 14.8 Å². The van der Waals surface area contributed by atoms with Crippen LogP contribution in [0.5, 0.6) is 11.5 Å².